The third kappa shape index (κ3) is 0.885. The van der Waals surface area contributed by atoms with Gasteiger partial charge in [0.1, 0.15) is 0 Å². The summed E-state index contributed by atoms with van der Waals surface area (Å²) in [7, 11) is 0. The highest BCUT2D eigenvalue weighted by atomic mass is 14.4. The Balaban J connectivity index is 2.35. The van der Waals surface area contributed by atoms with Gasteiger partial charge < -0.3 is 0 Å². The molecule has 0 aromatic rings. The molecule has 1 spiro atoms. The molecule has 0 aliphatic heterocycles. The van der Waals surface area contributed by atoms with E-state index in [1.165, 1.54) is 31.3 Å². The van der Waals surface area contributed by atoms with E-state index in [9.17, 15) is 0 Å². The fourth-order valence-corrected chi connectivity index (χ4v) is 2.47. The van der Waals surface area contributed by atoms with Gasteiger partial charge in [-0.2, -0.15) is 0 Å². The number of rotatable bonds is 0. The monoisotopic (exact) mass is 148 g/mol. The van der Waals surface area contributed by atoms with Gasteiger partial charge in [0, 0.05) is 5.41 Å². The van der Waals surface area contributed by atoms with E-state index in [0.717, 1.165) is 0 Å². The zero-order valence-electron chi connectivity index (χ0n) is 7.48. The molecule has 0 unspecified atom stereocenters. The summed E-state index contributed by atoms with van der Waals surface area (Å²) in [5.41, 5.74) is 3.66. The summed E-state index contributed by atoms with van der Waals surface area (Å²) in [6.45, 7) is 4.54. The summed E-state index contributed by atoms with van der Waals surface area (Å²) >= 11 is 0. The number of hydrogen-bond donors (Lipinski definition) is 0. The molecule has 2 aliphatic rings. The molecule has 0 heterocycles. The lowest BCUT2D eigenvalue weighted by Crippen LogP contribution is -2.11. The van der Waals surface area contributed by atoms with Crippen molar-refractivity contribution in [1.82, 2.24) is 0 Å². The Morgan fingerprint density at radius 1 is 1.18 bits per heavy atom. The average Bonchev–Trinajstić information content (AvgIpc) is 2.56. The lowest BCUT2D eigenvalue weighted by atomic mass is 9.81. The fourth-order valence-electron chi connectivity index (χ4n) is 2.47. The molecule has 1 saturated carbocycles. The maximum Gasteiger partial charge on any atom is 0.00968 e. The van der Waals surface area contributed by atoms with Crippen LogP contribution in [-0.2, 0) is 0 Å². The standard InChI is InChI=1S/C11H16/c1-9-5-8-11(10(9)2)6-3-4-7-11/h5,8H,3-4,6-7H2,1-2H3. The molecule has 0 amide bonds. The summed E-state index contributed by atoms with van der Waals surface area (Å²) in [5.74, 6) is 0. The van der Waals surface area contributed by atoms with E-state index in [0.29, 0.717) is 5.41 Å². The normalized spacial score (nSPS) is 27.5. The first-order valence-electron chi connectivity index (χ1n) is 4.62. The van der Waals surface area contributed by atoms with Crippen LogP contribution in [0.1, 0.15) is 39.5 Å². The van der Waals surface area contributed by atoms with Gasteiger partial charge in [-0.1, -0.05) is 36.1 Å². The Morgan fingerprint density at radius 3 is 2.27 bits per heavy atom. The highest BCUT2D eigenvalue weighted by Crippen LogP contribution is 2.49. The van der Waals surface area contributed by atoms with Crippen molar-refractivity contribution in [3.63, 3.8) is 0 Å². The van der Waals surface area contributed by atoms with Gasteiger partial charge in [-0.25, -0.2) is 0 Å². The Hall–Kier alpha value is -0.520. The molecular formula is C11H16. The van der Waals surface area contributed by atoms with Crippen LogP contribution in [0.2, 0.25) is 0 Å². The summed E-state index contributed by atoms with van der Waals surface area (Å²) < 4.78 is 0. The first-order valence-corrected chi connectivity index (χ1v) is 4.62. The maximum absolute atomic E-state index is 2.44. The molecule has 0 N–H and O–H groups in total. The first-order chi connectivity index (χ1) is 5.25. The Bertz CT molecular complexity index is 224. The molecule has 0 atom stereocenters. The van der Waals surface area contributed by atoms with Crippen molar-refractivity contribution in [3.8, 4) is 0 Å². The molecule has 0 heteroatoms. The molecule has 1 fully saturated rings. The smallest absolute Gasteiger partial charge is 0.00968 e. The number of hydrogen-bond acceptors (Lipinski definition) is 0. The van der Waals surface area contributed by atoms with Crippen molar-refractivity contribution in [2.75, 3.05) is 0 Å². The second-order valence-corrected chi connectivity index (χ2v) is 4.00. The molecular weight excluding hydrogens is 132 g/mol. The summed E-state index contributed by atoms with van der Waals surface area (Å²) in [5, 5.41) is 0. The molecule has 2 aliphatic carbocycles. The minimum atomic E-state index is 0.518. The predicted molar refractivity (Wildman–Crippen MR) is 48.4 cm³/mol. The Kier molecular flexibility index (Phi) is 1.45. The van der Waals surface area contributed by atoms with Crippen molar-refractivity contribution in [2.24, 2.45) is 5.41 Å². The van der Waals surface area contributed by atoms with Crippen LogP contribution in [-0.4, -0.2) is 0 Å². The lowest BCUT2D eigenvalue weighted by Gasteiger charge is -2.23. The van der Waals surface area contributed by atoms with E-state index in [1.807, 2.05) is 0 Å². The van der Waals surface area contributed by atoms with Crippen molar-refractivity contribution in [2.45, 2.75) is 39.5 Å². The average molecular weight is 148 g/mol. The Morgan fingerprint density at radius 2 is 1.82 bits per heavy atom. The van der Waals surface area contributed by atoms with E-state index in [1.54, 1.807) is 5.57 Å². The first kappa shape index (κ1) is 7.15. The van der Waals surface area contributed by atoms with Crippen molar-refractivity contribution in [1.29, 1.82) is 0 Å². The van der Waals surface area contributed by atoms with E-state index in [-0.39, 0.29) is 0 Å². The second-order valence-electron chi connectivity index (χ2n) is 4.00. The van der Waals surface area contributed by atoms with E-state index >= 15 is 0 Å². The quantitative estimate of drug-likeness (QED) is 0.493. The summed E-state index contributed by atoms with van der Waals surface area (Å²) in [4.78, 5) is 0. The summed E-state index contributed by atoms with van der Waals surface area (Å²) in [6.07, 6.45) is 10.4. The third-order valence-electron chi connectivity index (χ3n) is 3.49. The molecule has 60 valence electrons. The summed E-state index contributed by atoms with van der Waals surface area (Å²) in [6, 6.07) is 0. The van der Waals surface area contributed by atoms with Gasteiger partial charge in [-0.05, 0) is 26.7 Å². The minimum Gasteiger partial charge on any atom is -0.0740 e. The third-order valence-corrected chi connectivity index (χ3v) is 3.49. The van der Waals surface area contributed by atoms with Gasteiger partial charge in [0.15, 0.2) is 0 Å². The van der Waals surface area contributed by atoms with Crippen LogP contribution in [0.3, 0.4) is 0 Å². The van der Waals surface area contributed by atoms with E-state index in [4.69, 9.17) is 0 Å². The molecule has 0 bridgehead atoms. The molecule has 0 saturated heterocycles. The molecule has 11 heavy (non-hydrogen) atoms. The Labute approximate surface area is 69.0 Å². The van der Waals surface area contributed by atoms with Crippen LogP contribution in [0.5, 0.6) is 0 Å². The molecule has 0 nitrogen and oxygen atoms in total. The minimum absolute atomic E-state index is 0.518. The second kappa shape index (κ2) is 2.23. The highest BCUT2D eigenvalue weighted by Gasteiger charge is 2.35. The zero-order chi connectivity index (χ0) is 7.90. The van der Waals surface area contributed by atoms with Gasteiger partial charge >= 0.3 is 0 Å². The van der Waals surface area contributed by atoms with Crippen LogP contribution in [0.4, 0.5) is 0 Å². The maximum atomic E-state index is 2.44. The van der Waals surface area contributed by atoms with Crippen molar-refractivity contribution in [3.05, 3.63) is 23.3 Å². The zero-order valence-corrected chi connectivity index (χ0v) is 7.48. The lowest BCUT2D eigenvalue weighted by molar-refractivity contribution is 0.485. The predicted octanol–water partition coefficient (Wildman–Crippen LogP) is 3.45. The van der Waals surface area contributed by atoms with Crippen molar-refractivity contribution >= 4 is 0 Å². The molecule has 0 aromatic heterocycles. The van der Waals surface area contributed by atoms with Gasteiger partial charge in [-0.3, -0.25) is 0 Å². The van der Waals surface area contributed by atoms with Gasteiger partial charge in [0.2, 0.25) is 0 Å². The van der Waals surface area contributed by atoms with Crippen molar-refractivity contribution < 1.29 is 0 Å². The SMILES string of the molecule is CC1=C(C)C2(C=C1)CCCC2. The van der Waals surface area contributed by atoms with E-state index < -0.39 is 0 Å². The van der Waals surface area contributed by atoms with Gasteiger partial charge in [0.25, 0.3) is 0 Å². The largest absolute Gasteiger partial charge is 0.0740 e. The van der Waals surface area contributed by atoms with Crippen LogP contribution >= 0.6 is 0 Å². The molecule has 0 radical (unpaired) electrons. The fraction of sp³-hybridized carbons (Fsp3) is 0.636. The highest BCUT2D eigenvalue weighted by molar-refractivity contribution is 5.39. The molecule has 2 rings (SSSR count). The van der Waals surface area contributed by atoms with Gasteiger partial charge in [0.05, 0.1) is 0 Å². The topological polar surface area (TPSA) is 0 Å². The molecule has 0 aromatic carbocycles. The van der Waals surface area contributed by atoms with Crippen LogP contribution in [0.15, 0.2) is 23.3 Å². The number of allylic oxidation sites excluding steroid dienone is 4. The van der Waals surface area contributed by atoms with E-state index in [2.05, 4.69) is 26.0 Å². The van der Waals surface area contributed by atoms with Crippen LogP contribution < -0.4 is 0 Å². The van der Waals surface area contributed by atoms with Crippen LogP contribution in [0.25, 0.3) is 0 Å². The van der Waals surface area contributed by atoms with Gasteiger partial charge in [-0.15, -0.1) is 0 Å². The van der Waals surface area contributed by atoms with Crippen LogP contribution in [0, 0.1) is 5.41 Å².